The largest absolute Gasteiger partial charge is 0.464 e. The van der Waals surface area contributed by atoms with E-state index >= 15 is 0 Å². The van der Waals surface area contributed by atoms with Gasteiger partial charge in [0, 0.05) is 39.3 Å². The van der Waals surface area contributed by atoms with Gasteiger partial charge in [-0.1, -0.05) is 0 Å². The molecule has 8 heteroatoms. The molecule has 0 aromatic carbocycles. The number of rotatable bonds is 7. The first-order valence-corrected chi connectivity index (χ1v) is 9.08. The number of piperazine rings is 1. The number of hydrogen-bond donors (Lipinski definition) is 1. The molecule has 2 aromatic rings. The number of nitrogens with one attached hydrogen (secondary N) is 1. The molecule has 3 rings (SSSR count). The van der Waals surface area contributed by atoms with Crippen molar-refractivity contribution in [3.63, 3.8) is 0 Å². The van der Waals surface area contributed by atoms with Crippen LogP contribution in [0.5, 0.6) is 0 Å². The van der Waals surface area contributed by atoms with Crippen molar-refractivity contribution in [3.8, 4) is 11.5 Å². The lowest BCUT2D eigenvalue weighted by molar-refractivity contribution is -0.121. The van der Waals surface area contributed by atoms with Crippen molar-refractivity contribution in [1.29, 1.82) is 0 Å². The summed E-state index contributed by atoms with van der Waals surface area (Å²) in [6.45, 7) is 5.54. The molecule has 1 amide bonds. The minimum absolute atomic E-state index is 0.0240. The van der Waals surface area contributed by atoms with E-state index in [2.05, 4.69) is 22.2 Å². The van der Waals surface area contributed by atoms with E-state index < -0.39 is 5.97 Å². The van der Waals surface area contributed by atoms with Gasteiger partial charge in [-0.2, -0.15) is 0 Å². The van der Waals surface area contributed by atoms with Crippen LogP contribution in [0.3, 0.4) is 0 Å². The molecule has 1 aliphatic rings. The van der Waals surface area contributed by atoms with Crippen LogP contribution in [0.4, 0.5) is 0 Å². The molecule has 8 nitrogen and oxygen atoms in total. The number of carbonyl (C=O) groups excluding carboxylic acids is 2. The fraction of sp³-hybridized carbons (Fsp3) is 0.474. The Morgan fingerprint density at radius 1 is 1.19 bits per heavy atom. The predicted molar refractivity (Wildman–Crippen MR) is 100 cm³/mol. The number of hydrogen-bond acceptors (Lipinski definition) is 6. The summed E-state index contributed by atoms with van der Waals surface area (Å²) >= 11 is 0. The van der Waals surface area contributed by atoms with E-state index in [-0.39, 0.29) is 12.5 Å². The Morgan fingerprint density at radius 2 is 1.96 bits per heavy atom. The molecule has 0 atom stereocenters. The van der Waals surface area contributed by atoms with E-state index in [4.69, 9.17) is 9.15 Å². The summed E-state index contributed by atoms with van der Waals surface area (Å²) in [5, 5.41) is 2.94. The maximum Gasteiger partial charge on any atom is 0.354 e. The molecule has 3 heterocycles. The molecule has 1 fully saturated rings. The van der Waals surface area contributed by atoms with Crippen LogP contribution in [-0.2, 0) is 16.1 Å². The summed E-state index contributed by atoms with van der Waals surface area (Å²) in [5.41, 5.74) is 0.979. The van der Waals surface area contributed by atoms with Gasteiger partial charge in [-0.05, 0) is 31.3 Å². The first-order valence-electron chi connectivity index (χ1n) is 9.08. The first-order chi connectivity index (χ1) is 13.1. The Balaban J connectivity index is 1.61. The van der Waals surface area contributed by atoms with E-state index in [1.165, 1.54) is 7.11 Å². The number of esters is 1. The van der Waals surface area contributed by atoms with Crippen LogP contribution >= 0.6 is 0 Å². The Hall–Kier alpha value is -2.58. The van der Waals surface area contributed by atoms with Gasteiger partial charge in [-0.25, -0.2) is 4.79 Å². The molecular weight excluding hydrogens is 348 g/mol. The zero-order chi connectivity index (χ0) is 19.2. The molecular formula is C19H26N4O4. The molecule has 0 saturated carbocycles. The van der Waals surface area contributed by atoms with Crippen molar-refractivity contribution in [1.82, 2.24) is 19.7 Å². The monoisotopic (exact) mass is 374 g/mol. The lowest BCUT2D eigenvalue weighted by Crippen LogP contribution is -2.47. The molecule has 1 N–H and O–H groups in total. The lowest BCUT2D eigenvalue weighted by atomic mass is 10.3. The number of methoxy groups -OCH3 is 1. The second-order valence-corrected chi connectivity index (χ2v) is 6.65. The van der Waals surface area contributed by atoms with Crippen molar-refractivity contribution in [2.75, 3.05) is 53.4 Å². The third kappa shape index (κ3) is 4.78. The second-order valence-electron chi connectivity index (χ2n) is 6.65. The Labute approximate surface area is 158 Å². The normalized spacial score (nSPS) is 15.6. The van der Waals surface area contributed by atoms with Crippen LogP contribution < -0.4 is 5.32 Å². The van der Waals surface area contributed by atoms with Gasteiger partial charge in [0.05, 0.1) is 19.1 Å². The first kappa shape index (κ1) is 19.2. The Kier molecular flexibility index (Phi) is 6.31. The molecule has 0 aliphatic carbocycles. The predicted octanol–water partition coefficient (Wildman–Crippen LogP) is 0.898. The van der Waals surface area contributed by atoms with Gasteiger partial charge < -0.3 is 23.9 Å². The number of nitrogens with zero attached hydrogens (tertiary/aromatic N) is 3. The van der Waals surface area contributed by atoms with Gasteiger partial charge in [-0.3, -0.25) is 9.69 Å². The average Bonchev–Trinajstić information content (AvgIpc) is 3.32. The van der Waals surface area contributed by atoms with Gasteiger partial charge in [-0.15, -0.1) is 0 Å². The zero-order valence-electron chi connectivity index (χ0n) is 15.8. The van der Waals surface area contributed by atoms with Crippen LogP contribution in [0.25, 0.3) is 11.5 Å². The highest BCUT2D eigenvalue weighted by Gasteiger charge is 2.20. The summed E-state index contributed by atoms with van der Waals surface area (Å²) in [7, 11) is 3.44. The molecule has 0 spiro atoms. The van der Waals surface area contributed by atoms with E-state index in [0.717, 1.165) is 32.7 Å². The number of likely N-dealkylation sites (N-methyl/N-ethyl adjacent to an activating group) is 1. The van der Waals surface area contributed by atoms with Gasteiger partial charge >= 0.3 is 5.97 Å². The maximum atomic E-state index is 12.4. The van der Waals surface area contributed by atoms with Crippen molar-refractivity contribution >= 4 is 11.9 Å². The smallest absolute Gasteiger partial charge is 0.354 e. The third-order valence-corrected chi connectivity index (χ3v) is 4.80. The Morgan fingerprint density at radius 3 is 2.63 bits per heavy atom. The van der Waals surface area contributed by atoms with Gasteiger partial charge in [0.2, 0.25) is 5.91 Å². The van der Waals surface area contributed by atoms with Crippen LogP contribution in [0, 0.1) is 0 Å². The van der Waals surface area contributed by atoms with Gasteiger partial charge in [0.25, 0.3) is 0 Å². The summed E-state index contributed by atoms with van der Waals surface area (Å²) in [4.78, 5) is 29.1. The zero-order valence-corrected chi connectivity index (χ0v) is 15.8. The minimum atomic E-state index is -0.488. The Bertz CT molecular complexity index is 761. The molecule has 146 valence electrons. The molecule has 1 saturated heterocycles. The standard InChI is InChI=1S/C19H26N4O4/c1-21-9-11-22(12-10-21)8-7-20-18(24)14-23-15(17-4-3-13-27-17)5-6-16(23)19(25)26-2/h3-6,13H,7-12,14H2,1-2H3,(H,20,24). The summed E-state index contributed by atoms with van der Waals surface area (Å²) in [5.74, 6) is -0.0493. The van der Waals surface area contributed by atoms with Crippen molar-refractivity contribution in [3.05, 3.63) is 36.2 Å². The lowest BCUT2D eigenvalue weighted by Gasteiger charge is -2.32. The SMILES string of the molecule is COC(=O)c1ccc(-c2ccco2)n1CC(=O)NCCN1CCN(C)CC1. The quantitative estimate of drug-likeness (QED) is 0.726. The minimum Gasteiger partial charge on any atom is -0.464 e. The van der Waals surface area contributed by atoms with Gasteiger partial charge in [0.15, 0.2) is 0 Å². The molecule has 0 bridgehead atoms. The number of carbonyl (C=O) groups is 2. The van der Waals surface area contributed by atoms with Crippen LogP contribution in [0.1, 0.15) is 10.5 Å². The number of furan rings is 1. The van der Waals surface area contributed by atoms with Crippen LogP contribution in [-0.4, -0.2) is 79.7 Å². The average molecular weight is 374 g/mol. The maximum absolute atomic E-state index is 12.4. The van der Waals surface area contributed by atoms with Crippen molar-refractivity contribution < 1.29 is 18.7 Å². The molecule has 2 aromatic heterocycles. The summed E-state index contributed by atoms with van der Waals surface area (Å²) < 4.78 is 11.9. The van der Waals surface area contributed by atoms with E-state index in [1.54, 1.807) is 35.1 Å². The molecule has 0 unspecified atom stereocenters. The van der Waals surface area contributed by atoms with E-state index in [9.17, 15) is 9.59 Å². The topological polar surface area (TPSA) is 79.9 Å². The summed E-state index contributed by atoms with van der Waals surface area (Å²) in [6.07, 6.45) is 1.56. The van der Waals surface area contributed by atoms with E-state index in [0.29, 0.717) is 23.7 Å². The van der Waals surface area contributed by atoms with Crippen molar-refractivity contribution in [2.45, 2.75) is 6.54 Å². The van der Waals surface area contributed by atoms with Crippen LogP contribution in [0.15, 0.2) is 34.9 Å². The fourth-order valence-corrected chi connectivity index (χ4v) is 3.18. The highest BCUT2D eigenvalue weighted by Crippen LogP contribution is 2.23. The molecule has 1 aliphatic heterocycles. The van der Waals surface area contributed by atoms with Crippen molar-refractivity contribution in [2.24, 2.45) is 0 Å². The van der Waals surface area contributed by atoms with Crippen LogP contribution in [0.2, 0.25) is 0 Å². The fourth-order valence-electron chi connectivity index (χ4n) is 3.18. The highest BCUT2D eigenvalue weighted by molar-refractivity contribution is 5.90. The number of amides is 1. The summed E-state index contributed by atoms with van der Waals surface area (Å²) in [6, 6.07) is 6.95. The molecule has 27 heavy (non-hydrogen) atoms. The van der Waals surface area contributed by atoms with E-state index in [1.807, 2.05) is 0 Å². The number of ether oxygens (including phenoxy) is 1. The number of aromatic nitrogens is 1. The molecule has 0 radical (unpaired) electrons. The third-order valence-electron chi connectivity index (χ3n) is 4.80. The highest BCUT2D eigenvalue weighted by atomic mass is 16.5. The second kappa shape index (κ2) is 8.88. The van der Waals surface area contributed by atoms with Gasteiger partial charge in [0.1, 0.15) is 18.0 Å².